The van der Waals surface area contributed by atoms with Gasteiger partial charge in [-0.2, -0.15) is 5.10 Å². The zero-order valence-corrected chi connectivity index (χ0v) is 10.4. The van der Waals surface area contributed by atoms with Crippen LogP contribution < -0.4 is 5.73 Å². The lowest BCUT2D eigenvalue weighted by Gasteiger charge is -2.03. The molecule has 0 bridgehead atoms. The number of nitrogens with zero attached hydrogens (tertiary/aromatic N) is 2. The fourth-order valence-electron chi connectivity index (χ4n) is 1.58. The molecule has 0 saturated carbocycles. The van der Waals surface area contributed by atoms with E-state index in [2.05, 4.69) is 5.10 Å². The number of halogens is 1. The Balaban J connectivity index is 2.20. The molecule has 0 fully saturated rings. The lowest BCUT2D eigenvalue weighted by molar-refractivity contribution is 0.621. The van der Waals surface area contributed by atoms with Gasteiger partial charge in [-0.3, -0.25) is 4.68 Å². The second-order valence-electron chi connectivity index (χ2n) is 3.79. The Morgan fingerprint density at radius 3 is 2.82 bits per heavy atom. The molecule has 2 rings (SSSR count). The van der Waals surface area contributed by atoms with E-state index in [1.165, 1.54) is 23.9 Å². The van der Waals surface area contributed by atoms with Gasteiger partial charge < -0.3 is 5.73 Å². The molecule has 0 amide bonds. The van der Waals surface area contributed by atoms with Gasteiger partial charge in [0.25, 0.3) is 0 Å². The Labute approximate surface area is 104 Å². The van der Waals surface area contributed by atoms with E-state index in [0.717, 1.165) is 15.4 Å². The molecule has 0 unspecified atom stereocenters. The Hall–Kier alpha value is -1.33. The molecule has 1 aromatic carbocycles. The number of benzene rings is 1. The third-order valence-corrected chi connectivity index (χ3v) is 3.20. The van der Waals surface area contributed by atoms with Crippen molar-refractivity contribution in [2.24, 2.45) is 12.8 Å². The fraction of sp³-hybridized carbons (Fsp3) is 0.250. The standard InChI is InChI=1S/C12H14FN3S/c1-16-8-12(7-15-16)17-11-5-9(2-3-14)4-10(13)6-11/h4-8H,2-3,14H2,1H3. The predicted octanol–water partition coefficient (Wildman–Crippen LogP) is 2.21. The van der Waals surface area contributed by atoms with Crippen molar-refractivity contribution in [2.45, 2.75) is 16.2 Å². The van der Waals surface area contributed by atoms with Crippen molar-refractivity contribution in [3.63, 3.8) is 0 Å². The predicted molar refractivity (Wildman–Crippen MR) is 66.5 cm³/mol. The Morgan fingerprint density at radius 2 is 2.18 bits per heavy atom. The molecule has 0 atom stereocenters. The molecular weight excluding hydrogens is 237 g/mol. The van der Waals surface area contributed by atoms with E-state index in [9.17, 15) is 4.39 Å². The minimum atomic E-state index is -0.220. The molecule has 0 aliphatic heterocycles. The molecule has 0 radical (unpaired) electrons. The van der Waals surface area contributed by atoms with Gasteiger partial charge in [0.1, 0.15) is 5.82 Å². The first-order valence-corrected chi connectivity index (χ1v) is 6.15. The van der Waals surface area contributed by atoms with E-state index in [-0.39, 0.29) is 5.82 Å². The van der Waals surface area contributed by atoms with Crippen LogP contribution in [0.15, 0.2) is 40.4 Å². The van der Waals surface area contributed by atoms with E-state index >= 15 is 0 Å². The van der Waals surface area contributed by atoms with Crippen LogP contribution in [0.5, 0.6) is 0 Å². The average Bonchev–Trinajstić information content (AvgIpc) is 2.63. The number of rotatable bonds is 4. The molecule has 3 nitrogen and oxygen atoms in total. The van der Waals surface area contributed by atoms with Gasteiger partial charge in [0, 0.05) is 18.1 Å². The number of aryl methyl sites for hydroxylation is 1. The monoisotopic (exact) mass is 251 g/mol. The van der Waals surface area contributed by atoms with Crippen molar-refractivity contribution in [3.8, 4) is 0 Å². The van der Waals surface area contributed by atoms with Crippen LogP contribution in [-0.4, -0.2) is 16.3 Å². The van der Waals surface area contributed by atoms with Crippen LogP contribution in [0, 0.1) is 5.82 Å². The summed E-state index contributed by atoms with van der Waals surface area (Å²) in [7, 11) is 1.86. The van der Waals surface area contributed by atoms with Crippen LogP contribution in [-0.2, 0) is 13.5 Å². The van der Waals surface area contributed by atoms with Crippen LogP contribution in [0.1, 0.15) is 5.56 Å². The average molecular weight is 251 g/mol. The van der Waals surface area contributed by atoms with Crippen LogP contribution >= 0.6 is 11.8 Å². The minimum absolute atomic E-state index is 0.220. The van der Waals surface area contributed by atoms with Gasteiger partial charge in [-0.1, -0.05) is 11.8 Å². The second-order valence-corrected chi connectivity index (χ2v) is 4.93. The quantitative estimate of drug-likeness (QED) is 0.906. The van der Waals surface area contributed by atoms with E-state index in [4.69, 9.17) is 5.73 Å². The van der Waals surface area contributed by atoms with E-state index in [1.54, 1.807) is 10.9 Å². The summed E-state index contributed by atoms with van der Waals surface area (Å²) in [5.74, 6) is -0.220. The van der Waals surface area contributed by atoms with Crippen LogP contribution in [0.3, 0.4) is 0 Å². The van der Waals surface area contributed by atoms with Gasteiger partial charge in [0.05, 0.1) is 11.1 Å². The Morgan fingerprint density at radius 1 is 1.35 bits per heavy atom. The van der Waals surface area contributed by atoms with Crippen molar-refractivity contribution < 1.29 is 4.39 Å². The van der Waals surface area contributed by atoms with Gasteiger partial charge in [-0.05, 0) is 36.7 Å². The number of aromatic nitrogens is 2. The smallest absolute Gasteiger partial charge is 0.124 e. The van der Waals surface area contributed by atoms with Crippen molar-refractivity contribution in [3.05, 3.63) is 42.0 Å². The highest BCUT2D eigenvalue weighted by Crippen LogP contribution is 2.28. The summed E-state index contributed by atoms with van der Waals surface area (Å²) in [5, 5.41) is 4.08. The second kappa shape index (κ2) is 5.33. The van der Waals surface area contributed by atoms with Crippen molar-refractivity contribution >= 4 is 11.8 Å². The van der Waals surface area contributed by atoms with E-state index < -0.39 is 0 Å². The van der Waals surface area contributed by atoms with E-state index in [0.29, 0.717) is 13.0 Å². The van der Waals surface area contributed by atoms with Gasteiger partial charge >= 0.3 is 0 Å². The highest BCUT2D eigenvalue weighted by molar-refractivity contribution is 7.99. The van der Waals surface area contributed by atoms with Gasteiger partial charge in [0.2, 0.25) is 0 Å². The van der Waals surface area contributed by atoms with Crippen LogP contribution in [0.2, 0.25) is 0 Å². The molecule has 0 saturated heterocycles. The Bertz CT molecular complexity index is 510. The van der Waals surface area contributed by atoms with Crippen LogP contribution in [0.4, 0.5) is 4.39 Å². The van der Waals surface area contributed by atoms with E-state index in [1.807, 2.05) is 19.3 Å². The fourth-order valence-corrected chi connectivity index (χ4v) is 2.54. The zero-order valence-electron chi connectivity index (χ0n) is 9.56. The molecule has 0 spiro atoms. The van der Waals surface area contributed by atoms with Crippen LogP contribution in [0.25, 0.3) is 0 Å². The summed E-state index contributed by atoms with van der Waals surface area (Å²) in [6.45, 7) is 0.528. The first-order chi connectivity index (χ1) is 8.17. The van der Waals surface area contributed by atoms with Gasteiger partial charge in [0.15, 0.2) is 0 Å². The zero-order chi connectivity index (χ0) is 12.3. The molecular formula is C12H14FN3S. The first kappa shape index (κ1) is 12.1. The maximum atomic E-state index is 13.4. The number of hydrogen-bond donors (Lipinski definition) is 1. The third kappa shape index (κ3) is 3.31. The lowest BCUT2D eigenvalue weighted by atomic mass is 10.1. The summed E-state index contributed by atoms with van der Waals surface area (Å²) in [5.41, 5.74) is 6.40. The van der Waals surface area contributed by atoms with Gasteiger partial charge in [-0.25, -0.2) is 4.39 Å². The summed E-state index contributed by atoms with van der Waals surface area (Å²) in [6.07, 6.45) is 4.36. The summed E-state index contributed by atoms with van der Waals surface area (Å²) < 4.78 is 15.1. The summed E-state index contributed by atoms with van der Waals surface area (Å²) >= 11 is 1.50. The normalized spacial score (nSPS) is 10.8. The maximum Gasteiger partial charge on any atom is 0.124 e. The van der Waals surface area contributed by atoms with Gasteiger partial charge in [-0.15, -0.1) is 0 Å². The number of hydrogen-bond acceptors (Lipinski definition) is 3. The number of nitrogens with two attached hydrogens (primary N) is 1. The molecule has 0 aliphatic rings. The summed E-state index contributed by atoms with van der Waals surface area (Å²) in [6, 6.07) is 5.02. The molecule has 1 heterocycles. The largest absolute Gasteiger partial charge is 0.330 e. The molecule has 17 heavy (non-hydrogen) atoms. The van der Waals surface area contributed by atoms with Crippen molar-refractivity contribution in [1.82, 2.24) is 9.78 Å². The molecule has 1 aromatic heterocycles. The highest BCUT2D eigenvalue weighted by Gasteiger charge is 2.04. The highest BCUT2D eigenvalue weighted by atomic mass is 32.2. The first-order valence-electron chi connectivity index (χ1n) is 5.33. The molecule has 5 heteroatoms. The minimum Gasteiger partial charge on any atom is -0.330 e. The van der Waals surface area contributed by atoms with Crippen molar-refractivity contribution in [1.29, 1.82) is 0 Å². The van der Waals surface area contributed by atoms with Crippen molar-refractivity contribution in [2.75, 3.05) is 6.54 Å². The SMILES string of the molecule is Cn1cc(Sc2cc(F)cc(CCN)c2)cn1. The third-order valence-electron chi connectivity index (χ3n) is 2.28. The topological polar surface area (TPSA) is 43.8 Å². The summed E-state index contributed by atoms with van der Waals surface area (Å²) in [4.78, 5) is 1.87. The maximum absolute atomic E-state index is 13.4. The lowest BCUT2D eigenvalue weighted by Crippen LogP contribution is -2.02. The molecule has 2 N–H and O–H groups in total. The molecule has 90 valence electrons. The molecule has 2 aromatic rings. The Kier molecular flexibility index (Phi) is 3.81. The molecule has 0 aliphatic carbocycles.